The molecule has 6 nitrogen and oxygen atoms in total. The number of guanidine groups is 1. The lowest BCUT2D eigenvalue weighted by atomic mass is 10.0. The molecule has 2 aliphatic heterocycles. The number of anilines is 1. The van der Waals surface area contributed by atoms with E-state index in [0.717, 1.165) is 50.5 Å². The number of nitrogens with zero attached hydrogens (tertiary/aromatic N) is 4. The molecule has 3 rings (SSSR count). The molecule has 0 saturated carbocycles. The maximum Gasteiger partial charge on any atom is 0.193 e. The number of hydrogen-bond acceptors (Lipinski definition) is 4. The molecule has 1 N–H and O–H groups in total. The summed E-state index contributed by atoms with van der Waals surface area (Å²) in [4.78, 5) is 12.0. The average Bonchev–Trinajstić information content (AvgIpc) is 2.77. The van der Waals surface area contributed by atoms with Crippen molar-refractivity contribution in [3.05, 3.63) is 24.3 Å². The average molecular weight is 530 g/mol. The number of hydrogen-bond donors (Lipinski definition) is 1. The molecular formula is C23H40IN5O. The molecule has 1 unspecified atom stereocenters. The number of likely N-dealkylation sites (tertiary alicyclic amines) is 1. The normalized spacial score (nSPS) is 20.6. The second-order valence-corrected chi connectivity index (χ2v) is 8.24. The van der Waals surface area contributed by atoms with Gasteiger partial charge in [-0.25, -0.2) is 0 Å². The number of ether oxygens (including phenoxy) is 1. The number of rotatable bonds is 7. The highest BCUT2D eigenvalue weighted by Gasteiger charge is 2.20. The highest BCUT2D eigenvalue weighted by Crippen LogP contribution is 2.22. The summed E-state index contributed by atoms with van der Waals surface area (Å²) in [6.45, 7) is 9.88. The fourth-order valence-electron chi connectivity index (χ4n) is 4.45. The quantitative estimate of drug-likeness (QED) is 0.253. The van der Waals surface area contributed by atoms with Gasteiger partial charge in [-0.3, -0.25) is 4.99 Å². The summed E-state index contributed by atoms with van der Waals surface area (Å²) < 4.78 is 5.36. The zero-order valence-electron chi connectivity index (χ0n) is 19.0. The number of nitrogens with one attached hydrogen (secondary N) is 1. The summed E-state index contributed by atoms with van der Waals surface area (Å²) in [5, 5.41) is 3.58. The Morgan fingerprint density at radius 1 is 1.13 bits per heavy atom. The van der Waals surface area contributed by atoms with Gasteiger partial charge in [0.2, 0.25) is 0 Å². The van der Waals surface area contributed by atoms with E-state index in [1.165, 1.54) is 50.9 Å². The number of methoxy groups -OCH3 is 1. The van der Waals surface area contributed by atoms with Crippen LogP contribution in [-0.4, -0.2) is 81.8 Å². The SMILES string of the molecule is CN=C(NCCCCN1CCCCC1C)N1CCN(c2cccc(OC)c2)CC1.I. The van der Waals surface area contributed by atoms with Gasteiger partial charge in [0.25, 0.3) is 0 Å². The van der Waals surface area contributed by atoms with Crippen LogP contribution in [-0.2, 0) is 0 Å². The molecular weight excluding hydrogens is 489 g/mol. The van der Waals surface area contributed by atoms with Crippen LogP contribution >= 0.6 is 24.0 Å². The van der Waals surface area contributed by atoms with Crippen LogP contribution < -0.4 is 15.0 Å². The zero-order valence-corrected chi connectivity index (χ0v) is 21.3. The number of unbranched alkanes of at least 4 members (excludes halogenated alkanes) is 1. The zero-order chi connectivity index (χ0) is 20.5. The van der Waals surface area contributed by atoms with Gasteiger partial charge in [-0.2, -0.15) is 0 Å². The topological polar surface area (TPSA) is 43.3 Å². The number of benzene rings is 1. The minimum absolute atomic E-state index is 0. The number of piperidine rings is 1. The molecule has 0 spiro atoms. The van der Waals surface area contributed by atoms with E-state index in [4.69, 9.17) is 4.74 Å². The first-order valence-electron chi connectivity index (χ1n) is 11.3. The summed E-state index contributed by atoms with van der Waals surface area (Å²) in [5.74, 6) is 1.96. The Hall–Kier alpha value is -1.22. The molecule has 30 heavy (non-hydrogen) atoms. The van der Waals surface area contributed by atoms with Gasteiger partial charge in [0.1, 0.15) is 5.75 Å². The summed E-state index contributed by atoms with van der Waals surface area (Å²) in [6.07, 6.45) is 6.61. The van der Waals surface area contributed by atoms with Crippen LogP contribution in [0.25, 0.3) is 0 Å². The third kappa shape index (κ3) is 7.18. The van der Waals surface area contributed by atoms with Gasteiger partial charge in [0.05, 0.1) is 7.11 Å². The Kier molecular flexibility index (Phi) is 11.1. The van der Waals surface area contributed by atoms with E-state index in [1.54, 1.807) is 7.11 Å². The first kappa shape index (κ1) is 25.0. The fourth-order valence-corrected chi connectivity index (χ4v) is 4.45. The minimum atomic E-state index is 0. The number of aliphatic imine (C=N–C) groups is 1. The second-order valence-electron chi connectivity index (χ2n) is 8.24. The molecule has 1 aromatic carbocycles. The van der Waals surface area contributed by atoms with E-state index in [-0.39, 0.29) is 24.0 Å². The van der Waals surface area contributed by atoms with Gasteiger partial charge in [0, 0.05) is 57.6 Å². The molecule has 170 valence electrons. The molecule has 7 heteroatoms. The van der Waals surface area contributed by atoms with E-state index in [1.807, 2.05) is 13.1 Å². The standard InChI is InChI=1S/C23H39N5O.HI/c1-20-9-4-6-13-26(20)14-7-5-12-25-23(24-2)28-17-15-27(16-18-28)21-10-8-11-22(19-21)29-3;/h8,10-11,19-20H,4-7,9,12-18H2,1-3H3,(H,24,25);1H. The lowest BCUT2D eigenvalue weighted by molar-refractivity contribution is 0.158. The molecule has 2 saturated heterocycles. The van der Waals surface area contributed by atoms with Crippen LogP contribution in [0.5, 0.6) is 5.75 Å². The van der Waals surface area contributed by atoms with E-state index >= 15 is 0 Å². The fraction of sp³-hybridized carbons (Fsp3) is 0.696. The van der Waals surface area contributed by atoms with Crippen LogP contribution in [0.3, 0.4) is 0 Å². The first-order chi connectivity index (χ1) is 14.2. The third-order valence-electron chi connectivity index (χ3n) is 6.31. The monoisotopic (exact) mass is 529 g/mol. The van der Waals surface area contributed by atoms with Crippen molar-refractivity contribution in [1.29, 1.82) is 0 Å². The maximum atomic E-state index is 5.36. The number of halogens is 1. The van der Waals surface area contributed by atoms with Crippen LogP contribution in [0.2, 0.25) is 0 Å². The van der Waals surface area contributed by atoms with Gasteiger partial charge in [0.15, 0.2) is 5.96 Å². The Labute approximate surface area is 200 Å². The summed E-state index contributed by atoms with van der Waals surface area (Å²) in [6, 6.07) is 9.11. The summed E-state index contributed by atoms with van der Waals surface area (Å²) in [5.41, 5.74) is 1.24. The first-order valence-corrected chi connectivity index (χ1v) is 11.3. The van der Waals surface area contributed by atoms with Crippen LogP contribution in [0.1, 0.15) is 39.0 Å². The van der Waals surface area contributed by atoms with Gasteiger partial charge < -0.3 is 24.8 Å². The molecule has 0 radical (unpaired) electrons. The molecule has 0 amide bonds. The lowest BCUT2D eigenvalue weighted by Gasteiger charge is -2.37. The van der Waals surface area contributed by atoms with Crippen LogP contribution in [0, 0.1) is 0 Å². The minimum Gasteiger partial charge on any atom is -0.497 e. The third-order valence-corrected chi connectivity index (χ3v) is 6.31. The van der Waals surface area contributed by atoms with Crippen molar-refractivity contribution < 1.29 is 4.74 Å². The molecule has 0 bridgehead atoms. The molecule has 1 aromatic rings. The second kappa shape index (κ2) is 13.2. The van der Waals surface area contributed by atoms with Gasteiger partial charge in [-0.1, -0.05) is 12.5 Å². The largest absolute Gasteiger partial charge is 0.497 e. The predicted molar refractivity (Wildman–Crippen MR) is 138 cm³/mol. The van der Waals surface area contributed by atoms with Gasteiger partial charge >= 0.3 is 0 Å². The maximum absolute atomic E-state index is 5.36. The summed E-state index contributed by atoms with van der Waals surface area (Å²) in [7, 11) is 3.62. The highest BCUT2D eigenvalue weighted by molar-refractivity contribution is 14.0. The molecule has 2 fully saturated rings. The lowest BCUT2D eigenvalue weighted by Crippen LogP contribution is -2.52. The van der Waals surface area contributed by atoms with Crippen molar-refractivity contribution in [2.75, 3.05) is 64.9 Å². The smallest absolute Gasteiger partial charge is 0.193 e. The van der Waals surface area contributed by atoms with Crippen molar-refractivity contribution in [3.63, 3.8) is 0 Å². The Morgan fingerprint density at radius 3 is 2.63 bits per heavy atom. The molecule has 0 aliphatic carbocycles. The van der Waals surface area contributed by atoms with Crippen molar-refractivity contribution in [1.82, 2.24) is 15.1 Å². The number of piperazine rings is 1. The van der Waals surface area contributed by atoms with E-state index in [0.29, 0.717) is 0 Å². The van der Waals surface area contributed by atoms with Crippen LogP contribution in [0.15, 0.2) is 29.3 Å². The molecule has 2 aliphatic rings. The van der Waals surface area contributed by atoms with Crippen molar-refractivity contribution >= 4 is 35.6 Å². The Morgan fingerprint density at radius 2 is 1.93 bits per heavy atom. The molecule has 2 heterocycles. The highest BCUT2D eigenvalue weighted by atomic mass is 127. The molecule has 1 atom stereocenters. The predicted octanol–water partition coefficient (Wildman–Crippen LogP) is 3.67. The van der Waals surface area contributed by atoms with Crippen molar-refractivity contribution in [2.24, 2.45) is 4.99 Å². The van der Waals surface area contributed by atoms with E-state index < -0.39 is 0 Å². The van der Waals surface area contributed by atoms with Gasteiger partial charge in [-0.15, -0.1) is 24.0 Å². The van der Waals surface area contributed by atoms with Crippen LogP contribution in [0.4, 0.5) is 5.69 Å². The molecule has 0 aromatic heterocycles. The van der Waals surface area contributed by atoms with Crippen molar-refractivity contribution in [2.45, 2.75) is 45.1 Å². The van der Waals surface area contributed by atoms with Crippen molar-refractivity contribution in [3.8, 4) is 5.75 Å². The van der Waals surface area contributed by atoms with E-state index in [2.05, 4.69) is 50.1 Å². The summed E-state index contributed by atoms with van der Waals surface area (Å²) >= 11 is 0. The Balaban J connectivity index is 0.00000320. The Bertz CT molecular complexity index is 648. The van der Waals surface area contributed by atoms with E-state index in [9.17, 15) is 0 Å². The van der Waals surface area contributed by atoms with Gasteiger partial charge in [-0.05, 0) is 57.8 Å².